The van der Waals surface area contributed by atoms with E-state index in [1.54, 1.807) is 53.4 Å². The van der Waals surface area contributed by atoms with Gasteiger partial charge in [0.25, 0.3) is 15.9 Å². The number of nitrogens with one attached hydrogen (secondary N) is 1. The van der Waals surface area contributed by atoms with E-state index in [9.17, 15) is 17.6 Å². The number of amides is 1. The zero-order valence-electron chi connectivity index (χ0n) is 17.7. The van der Waals surface area contributed by atoms with Gasteiger partial charge in [0.1, 0.15) is 5.82 Å². The number of sulfonamides is 1. The molecular weight excluding hydrogens is 429 g/mol. The number of hydrogen-bond donors (Lipinski definition) is 1. The largest absolute Gasteiger partial charge is 0.366 e. The highest BCUT2D eigenvalue weighted by Crippen LogP contribution is 2.22. The third-order valence-corrected chi connectivity index (χ3v) is 6.80. The van der Waals surface area contributed by atoms with Crippen molar-refractivity contribution in [2.75, 3.05) is 35.8 Å². The van der Waals surface area contributed by atoms with E-state index in [1.165, 1.54) is 18.2 Å². The Hall–Kier alpha value is -3.39. The predicted octanol–water partition coefficient (Wildman–Crippen LogP) is 3.90. The Morgan fingerprint density at radius 1 is 0.906 bits per heavy atom. The van der Waals surface area contributed by atoms with Crippen molar-refractivity contribution in [2.24, 2.45) is 0 Å². The molecule has 4 rings (SSSR count). The van der Waals surface area contributed by atoms with Crippen LogP contribution >= 0.6 is 0 Å². The van der Waals surface area contributed by atoms with E-state index in [0.717, 1.165) is 5.56 Å². The fourth-order valence-corrected chi connectivity index (χ4v) is 4.86. The second-order valence-corrected chi connectivity index (χ2v) is 9.42. The van der Waals surface area contributed by atoms with E-state index in [1.807, 2.05) is 17.9 Å². The first kappa shape index (κ1) is 21.8. The average Bonchev–Trinajstić information content (AvgIpc) is 2.79. The molecule has 3 aromatic carbocycles. The standard InChI is InChI=1S/C24H24FN3O3S/c1-18-6-4-8-20(16-18)26-32(30,31)21-9-5-7-19(17-21)24(29)28-14-12-27(13-15-28)23-11-3-2-10-22(23)25/h2-11,16-17,26H,12-15H2,1H3. The molecule has 0 saturated carbocycles. The van der Waals surface area contributed by atoms with Gasteiger partial charge in [-0.3, -0.25) is 9.52 Å². The van der Waals surface area contributed by atoms with Gasteiger partial charge in [-0.05, 0) is 55.0 Å². The van der Waals surface area contributed by atoms with Crippen molar-refractivity contribution in [1.82, 2.24) is 4.90 Å². The van der Waals surface area contributed by atoms with Crippen molar-refractivity contribution in [1.29, 1.82) is 0 Å². The summed E-state index contributed by atoms with van der Waals surface area (Å²) in [5, 5.41) is 0. The highest BCUT2D eigenvalue weighted by Gasteiger charge is 2.25. The van der Waals surface area contributed by atoms with Gasteiger partial charge in [0.05, 0.1) is 10.6 Å². The molecule has 0 radical (unpaired) electrons. The third-order valence-electron chi connectivity index (χ3n) is 5.42. The summed E-state index contributed by atoms with van der Waals surface area (Å²) in [5.74, 6) is -0.530. The van der Waals surface area contributed by atoms with Gasteiger partial charge in [0.2, 0.25) is 0 Å². The molecule has 0 spiro atoms. The van der Waals surface area contributed by atoms with Crippen LogP contribution in [-0.4, -0.2) is 45.4 Å². The summed E-state index contributed by atoms with van der Waals surface area (Å²) in [6.45, 7) is 3.72. The highest BCUT2D eigenvalue weighted by atomic mass is 32.2. The first-order valence-corrected chi connectivity index (χ1v) is 11.8. The zero-order chi connectivity index (χ0) is 22.7. The van der Waals surface area contributed by atoms with Crippen molar-refractivity contribution < 1.29 is 17.6 Å². The van der Waals surface area contributed by atoms with Crippen LogP contribution in [0.5, 0.6) is 0 Å². The summed E-state index contributed by atoms with van der Waals surface area (Å²) in [5.41, 5.74) is 2.22. The first-order chi connectivity index (χ1) is 15.3. The SMILES string of the molecule is Cc1cccc(NS(=O)(=O)c2cccc(C(=O)N3CCN(c4ccccc4F)CC3)c2)c1. The molecule has 1 heterocycles. The fraction of sp³-hybridized carbons (Fsp3) is 0.208. The summed E-state index contributed by atoms with van der Waals surface area (Å²) >= 11 is 0. The Morgan fingerprint density at radius 3 is 2.34 bits per heavy atom. The monoisotopic (exact) mass is 453 g/mol. The molecule has 0 aliphatic carbocycles. The smallest absolute Gasteiger partial charge is 0.261 e. The number of halogens is 1. The minimum absolute atomic E-state index is 0.0230. The molecule has 166 valence electrons. The van der Waals surface area contributed by atoms with E-state index in [4.69, 9.17) is 0 Å². The van der Waals surface area contributed by atoms with Crippen LogP contribution in [0.25, 0.3) is 0 Å². The van der Waals surface area contributed by atoms with Crippen LogP contribution < -0.4 is 9.62 Å². The van der Waals surface area contributed by atoms with E-state index in [-0.39, 0.29) is 16.6 Å². The number of hydrogen-bond acceptors (Lipinski definition) is 4. The summed E-state index contributed by atoms with van der Waals surface area (Å²) < 4.78 is 42.2. The van der Waals surface area contributed by atoms with Gasteiger partial charge in [-0.25, -0.2) is 12.8 Å². The summed E-state index contributed by atoms with van der Waals surface area (Å²) in [4.78, 5) is 16.6. The van der Waals surface area contributed by atoms with Gasteiger partial charge in [-0.1, -0.05) is 30.3 Å². The Labute approximate surface area is 187 Å². The van der Waals surface area contributed by atoms with Gasteiger partial charge < -0.3 is 9.80 Å². The first-order valence-electron chi connectivity index (χ1n) is 10.3. The molecule has 1 aliphatic rings. The van der Waals surface area contributed by atoms with Crippen molar-refractivity contribution in [2.45, 2.75) is 11.8 Å². The van der Waals surface area contributed by atoms with Crippen LogP contribution in [0.4, 0.5) is 15.8 Å². The van der Waals surface area contributed by atoms with Crippen molar-refractivity contribution in [3.05, 3.63) is 89.7 Å². The van der Waals surface area contributed by atoms with Crippen molar-refractivity contribution in [3.63, 3.8) is 0 Å². The van der Waals surface area contributed by atoms with E-state index in [0.29, 0.717) is 43.1 Å². The molecule has 1 aliphatic heterocycles. The Balaban J connectivity index is 1.46. The molecule has 1 fully saturated rings. The van der Waals surface area contributed by atoms with E-state index < -0.39 is 10.0 Å². The number of carbonyl (C=O) groups is 1. The number of rotatable bonds is 5. The zero-order valence-corrected chi connectivity index (χ0v) is 18.5. The Morgan fingerprint density at radius 2 is 1.62 bits per heavy atom. The molecular formula is C24H24FN3O3S. The molecule has 6 nitrogen and oxygen atoms in total. The van der Waals surface area contributed by atoms with Crippen molar-refractivity contribution in [3.8, 4) is 0 Å². The fourth-order valence-electron chi connectivity index (χ4n) is 3.76. The molecule has 0 aromatic heterocycles. The van der Waals surface area contributed by atoms with Gasteiger partial charge >= 0.3 is 0 Å². The maximum Gasteiger partial charge on any atom is 0.261 e. The van der Waals surface area contributed by atoms with Gasteiger partial charge in [-0.2, -0.15) is 0 Å². The lowest BCUT2D eigenvalue weighted by Crippen LogP contribution is -2.49. The van der Waals surface area contributed by atoms with E-state index in [2.05, 4.69) is 4.72 Å². The van der Waals surface area contributed by atoms with Crippen LogP contribution in [0.2, 0.25) is 0 Å². The maximum atomic E-state index is 14.0. The number of anilines is 2. The summed E-state index contributed by atoms with van der Waals surface area (Å²) in [6, 6.07) is 19.7. The lowest BCUT2D eigenvalue weighted by Gasteiger charge is -2.36. The molecule has 1 amide bonds. The maximum absolute atomic E-state index is 14.0. The van der Waals surface area contributed by atoms with Crippen LogP contribution in [0.15, 0.2) is 77.7 Å². The number of benzene rings is 3. The second kappa shape index (κ2) is 9.00. The van der Waals surface area contributed by atoms with Gasteiger partial charge in [0, 0.05) is 37.4 Å². The van der Waals surface area contributed by atoms with Gasteiger partial charge in [0.15, 0.2) is 0 Å². The number of nitrogens with zero attached hydrogens (tertiary/aromatic N) is 2. The highest BCUT2D eigenvalue weighted by molar-refractivity contribution is 7.92. The Kier molecular flexibility index (Phi) is 6.14. The lowest BCUT2D eigenvalue weighted by atomic mass is 10.1. The molecule has 1 N–H and O–H groups in total. The molecule has 0 unspecified atom stereocenters. The molecule has 0 bridgehead atoms. The molecule has 32 heavy (non-hydrogen) atoms. The summed E-state index contributed by atoms with van der Waals surface area (Å²) in [7, 11) is -3.84. The van der Waals surface area contributed by atoms with Crippen molar-refractivity contribution >= 4 is 27.3 Å². The second-order valence-electron chi connectivity index (χ2n) is 7.73. The number of para-hydroxylation sites is 1. The minimum Gasteiger partial charge on any atom is -0.366 e. The average molecular weight is 454 g/mol. The Bertz CT molecular complexity index is 1240. The van der Waals surface area contributed by atoms with Crippen LogP contribution in [-0.2, 0) is 10.0 Å². The predicted molar refractivity (Wildman–Crippen MR) is 123 cm³/mol. The normalized spacial score (nSPS) is 14.3. The van der Waals surface area contributed by atoms with Crippen LogP contribution in [0.1, 0.15) is 15.9 Å². The molecule has 3 aromatic rings. The van der Waals surface area contributed by atoms with E-state index >= 15 is 0 Å². The molecule has 0 atom stereocenters. The topological polar surface area (TPSA) is 69.7 Å². The molecule has 8 heteroatoms. The minimum atomic E-state index is -3.84. The number of piperazine rings is 1. The van der Waals surface area contributed by atoms with Crippen LogP contribution in [0, 0.1) is 12.7 Å². The third kappa shape index (κ3) is 4.75. The number of carbonyl (C=O) groups excluding carboxylic acids is 1. The number of aryl methyl sites for hydroxylation is 1. The van der Waals surface area contributed by atoms with Crippen LogP contribution in [0.3, 0.4) is 0 Å². The lowest BCUT2D eigenvalue weighted by molar-refractivity contribution is 0.0746. The summed E-state index contributed by atoms with van der Waals surface area (Å²) in [6.07, 6.45) is 0. The molecule has 1 saturated heterocycles. The van der Waals surface area contributed by atoms with Gasteiger partial charge in [-0.15, -0.1) is 0 Å². The quantitative estimate of drug-likeness (QED) is 0.636.